The van der Waals surface area contributed by atoms with E-state index in [0.29, 0.717) is 54.7 Å². The molecule has 1 aliphatic heterocycles. The van der Waals surface area contributed by atoms with Crippen LogP contribution in [-0.4, -0.2) is 57.6 Å². The van der Waals surface area contributed by atoms with Crippen molar-refractivity contribution in [3.8, 4) is 0 Å². The number of hydrogen-bond acceptors (Lipinski definition) is 3. The molecule has 2 amide bonds. The molecule has 0 atom stereocenters. The Kier molecular flexibility index (Phi) is 6.07. The predicted molar refractivity (Wildman–Crippen MR) is 133 cm³/mol. The molecule has 0 saturated carbocycles. The van der Waals surface area contributed by atoms with Crippen molar-refractivity contribution < 1.29 is 9.59 Å². The van der Waals surface area contributed by atoms with Crippen molar-refractivity contribution in [3.05, 3.63) is 100 Å². The molecular weight excluding hydrogens is 448 g/mol. The Morgan fingerprint density at radius 1 is 0.824 bits per heavy atom. The number of halogens is 1. The second-order valence-corrected chi connectivity index (χ2v) is 8.86. The highest BCUT2D eigenvalue weighted by Crippen LogP contribution is 2.24. The number of fused-ring (bicyclic) bond motifs is 1. The second-order valence-electron chi connectivity index (χ2n) is 8.51. The first kappa shape index (κ1) is 22.2. The monoisotopic (exact) mass is 472 g/mol. The van der Waals surface area contributed by atoms with Crippen LogP contribution in [0.1, 0.15) is 32.0 Å². The standard InChI is InChI=1S/C27H25ClN4O2/c1-19-24(25(28)32(29-19)18-20-8-3-2-4-9-20)27(34)31-16-14-30(15-17-31)26(33)23-13-7-11-21-10-5-6-12-22(21)23/h2-13H,14-18H2,1H3. The summed E-state index contributed by atoms with van der Waals surface area (Å²) < 4.78 is 1.67. The Morgan fingerprint density at radius 2 is 1.44 bits per heavy atom. The van der Waals surface area contributed by atoms with Gasteiger partial charge in [-0.05, 0) is 29.3 Å². The van der Waals surface area contributed by atoms with Crippen LogP contribution >= 0.6 is 11.6 Å². The first-order chi connectivity index (χ1) is 16.5. The lowest BCUT2D eigenvalue weighted by molar-refractivity contribution is 0.0536. The van der Waals surface area contributed by atoms with Gasteiger partial charge in [0.05, 0.1) is 17.8 Å². The SMILES string of the molecule is Cc1nn(Cc2ccccc2)c(Cl)c1C(=O)N1CCN(C(=O)c2cccc3ccccc23)CC1. The maximum atomic E-state index is 13.3. The number of nitrogens with zero attached hydrogens (tertiary/aromatic N) is 4. The number of aryl methyl sites for hydroxylation is 1. The van der Waals surface area contributed by atoms with Crippen molar-refractivity contribution in [2.24, 2.45) is 0 Å². The molecule has 0 bridgehead atoms. The van der Waals surface area contributed by atoms with E-state index in [1.165, 1.54) is 0 Å². The molecule has 0 N–H and O–H groups in total. The fourth-order valence-electron chi connectivity index (χ4n) is 4.51. The van der Waals surface area contributed by atoms with Gasteiger partial charge in [0, 0.05) is 31.7 Å². The van der Waals surface area contributed by atoms with E-state index in [9.17, 15) is 9.59 Å². The zero-order valence-corrected chi connectivity index (χ0v) is 19.7. The maximum Gasteiger partial charge on any atom is 0.259 e. The number of carbonyl (C=O) groups excluding carboxylic acids is 2. The number of benzene rings is 3. The number of aromatic nitrogens is 2. The Hall–Kier alpha value is -3.64. The molecule has 1 aromatic heterocycles. The van der Waals surface area contributed by atoms with E-state index in [1.54, 1.807) is 16.5 Å². The largest absolute Gasteiger partial charge is 0.335 e. The van der Waals surface area contributed by atoms with Gasteiger partial charge in [-0.1, -0.05) is 78.3 Å². The Balaban J connectivity index is 1.29. The van der Waals surface area contributed by atoms with Crippen LogP contribution in [0.25, 0.3) is 10.8 Å². The summed E-state index contributed by atoms with van der Waals surface area (Å²) in [4.78, 5) is 30.1. The summed E-state index contributed by atoms with van der Waals surface area (Å²) in [6.45, 7) is 4.16. The minimum Gasteiger partial charge on any atom is -0.335 e. The summed E-state index contributed by atoms with van der Waals surface area (Å²) in [5, 5.41) is 6.84. The van der Waals surface area contributed by atoms with E-state index in [4.69, 9.17) is 11.6 Å². The molecular formula is C27H25ClN4O2. The van der Waals surface area contributed by atoms with Crippen LogP contribution in [0.5, 0.6) is 0 Å². The van der Waals surface area contributed by atoms with Gasteiger partial charge in [-0.3, -0.25) is 9.59 Å². The van der Waals surface area contributed by atoms with Crippen molar-refractivity contribution in [2.45, 2.75) is 13.5 Å². The van der Waals surface area contributed by atoms with Crippen molar-refractivity contribution in [1.82, 2.24) is 19.6 Å². The average Bonchev–Trinajstić information content (AvgIpc) is 3.15. The van der Waals surface area contributed by atoms with E-state index >= 15 is 0 Å². The van der Waals surface area contributed by atoms with Crippen LogP contribution in [0.3, 0.4) is 0 Å². The molecule has 7 heteroatoms. The van der Waals surface area contributed by atoms with E-state index in [2.05, 4.69) is 5.10 Å². The lowest BCUT2D eigenvalue weighted by atomic mass is 10.0. The first-order valence-corrected chi connectivity index (χ1v) is 11.7. The fourth-order valence-corrected chi connectivity index (χ4v) is 4.83. The first-order valence-electron chi connectivity index (χ1n) is 11.4. The summed E-state index contributed by atoms with van der Waals surface area (Å²) in [6.07, 6.45) is 0. The molecule has 5 rings (SSSR count). The van der Waals surface area contributed by atoms with Gasteiger partial charge in [-0.25, -0.2) is 4.68 Å². The number of piperazine rings is 1. The molecule has 0 unspecified atom stereocenters. The second kappa shape index (κ2) is 9.31. The van der Waals surface area contributed by atoms with Crippen LogP contribution in [0.15, 0.2) is 72.8 Å². The van der Waals surface area contributed by atoms with Crippen LogP contribution in [0.4, 0.5) is 0 Å². The summed E-state index contributed by atoms with van der Waals surface area (Å²) in [7, 11) is 0. The van der Waals surface area contributed by atoms with Crippen molar-refractivity contribution in [2.75, 3.05) is 26.2 Å². The van der Waals surface area contributed by atoms with Gasteiger partial charge in [0.1, 0.15) is 5.15 Å². The predicted octanol–water partition coefficient (Wildman–Crippen LogP) is 4.64. The third kappa shape index (κ3) is 4.17. The molecule has 34 heavy (non-hydrogen) atoms. The van der Waals surface area contributed by atoms with Gasteiger partial charge in [0.2, 0.25) is 0 Å². The zero-order chi connectivity index (χ0) is 23.7. The highest BCUT2D eigenvalue weighted by molar-refractivity contribution is 6.33. The van der Waals surface area contributed by atoms with E-state index < -0.39 is 0 Å². The van der Waals surface area contributed by atoms with Crippen LogP contribution in [-0.2, 0) is 6.54 Å². The van der Waals surface area contributed by atoms with Crippen molar-refractivity contribution >= 4 is 34.2 Å². The van der Waals surface area contributed by atoms with E-state index in [-0.39, 0.29) is 11.8 Å². The smallest absolute Gasteiger partial charge is 0.259 e. The molecule has 0 spiro atoms. The number of rotatable bonds is 4. The molecule has 172 valence electrons. The van der Waals surface area contributed by atoms with Crippen LogP contribution < -0.4 is 0 Å². The fraction of sp³-hybridized carbons (Fsp3) is 0.222. The van der Waals surface area contributed by atoms with Crippen molar-refractivity contribution in [1.29, 1.82) is 0 Å². The van der Waals surface area contributed by atoms with Gasteiger partial charge in [-0.15, -0.1) is 0 Å². The normalized spacial score (nSPS) is 13.9. The number of amides is 2. The quantitative estimate of drug-likeness (QED) is 0.434. The molecule has 3 aromatic carbocycles. The molecule has 1 fully saturated rings. The maximum absolute atomic E-state index is 13.3. The van der Waals surface area contributed by atoms with E-state index in [0.717, 1.165) is 16.3 Å². The van der Waals surface area contributed by atoms with Crippen molar-refractivity contribution in [3.63, 3.8) is 0 Å². The summed E-state index contributed by atoms with van der Waals surface area (Å²) in [6, 6.07) is 23.6. The topological polar surface area (TPSA) is 58.4 Å². The Labute approximate surface area is 203 Å². The van der Waals surface area contributed by atoms with Gasteiger partial charge >= 0.3 is 0 Å². The van der Waals surface area contributed by atoms with Crippen LogP contribution in [0.2, 0.25) is 5.15 Å². The molecule has 1 aliphatic rings. The number of carbonyl (C=O) groups is 2. The van der Waals surface area contributed by atoms with Gasteiger partial charge in [-0.2, -0.15) is 5.10 Å². The molecule has 0 aliphatic carbocycles. The third-order valence-electron chi connectivity index (χ3n) is 6.33. The van der Waals surface area contributed by atoms with Gasteiger partial charge in [0.15, 0.2) is 0 Å². The minimum atomic E-state index is -0.140. The van der Waals surface area contributed by atoms with Crippen LogP contribution in [0, 0.1) is 6.92 Å². The van der Waals surface area contributed by atoms with E-state index in [1.807, 2.05) is 77.7 Å². The summed E-state index contributed by atoms with van der Waals surface area (Å²) in [5.74, 6) is -0.145. The zero-order valence-electron chi connectivity index (χ0n) is 18.9. The minimum absolute atomic E-state index is 0.00575. The summed E-state index contributed by atoms with van der Waals surface area (Å²) in [5.41, 5.74) is 2.80. The lowest BCUT2D eigenvalue weighted by Gasteiger charge is -2.35. The summed E-state index contributed by atoms with van der Waals surface area (Å²) >= 11 is 6.60. The molecule has 6 nitrogen and oxygen atoms in total. The molecule has 0 radical (unpaired) electrons. The third-order valence-corrected chi connectivity index (χ3v) is 6.71. The lowest BCUT2D eigenvalue weighted by Crippen LogP contribution is -2.50. The van der Waals surface area contributed by atoms with Gasteiger partial charge in [0.25, 0.3) is 11.8 Å². The molecule has 1 saturated heterocycles. The number of hydrogen-bond donors (Lipinski definition) is 0. The molecule has 2 heterocycles. The Bertz CT molecular complexity index is 1350. The molecule has 4 aromatic rings. The highest BCUT2D eigenvalue weighted by atomic mass is 35.5. The van der Waals surface area contributed by atoms with Gasteiger partial charge < -0.3 is 9.80 Å². The average molecular weight is 473 g/mol. The highest BCUT2D eigenvalue weighted by Gasteiger charge is 2.30. The Morgan fingerprint density at radius 3 is 2.18 bits per heavy atom.